The van der Waals surface area contributed by atoms with Crippen LogP contribution >= 0.6 is 0 Å². The van der Waals surface area contributed by atoms with E-state index in [1.54, 1.807) is 11.8 Å². The maximum absolute atomic E-state index is 12.7. The van der Waals surface area contributed by atoms with Gasteiger partial charge >= 0.3 is 5.97 Å². The fraction of sp³-hybridized carbons (Fsp3) is 0.737. The quantitative estimate of drug-likeness (QED) is 0.542. The number of fused-ring (bicyclic) bond motifs is 1. The van der Waals surface area contributed by atoms with Gasteiger partial charge in [0.05, 0.1) is 25.3 Å². The Kier molecular flexibility index (Phi) is 9.27. The Labute approximate surface area is 160 Å². The lowest BCUT2D eigenvalue weighted by Crippen LogP contribution is -2.28. The van der Waals surface area contributed by atoms with Crippen LogP contribution in [-0.2, 0) is 38.4 Å². The number of hydrogen-bond donors (Lipinski definition) is 1. The molecule has 1 amide bonds. The summed E-state index contributed by atoms with van der Waals surface area (Å²) in [6, 6.07) is 0. The molecular formula is C19H31N3O5. The SMILES string of the molecule is CCn1nc(CCCOC(=O)CCOC)c2c1C(=O)NCCCOCCC2. The molecule has 0 saturated carbocycles. The number of rotatable bonds is 8. The number of hydrogen-bond acceptors (Lipinski definition) is 6. The minimum absolute atomic E-state index is 0.0708. The van der Waals surface area contributed by atoms with E-state index in [1.165, 1.54) is 0 Å². The molecule has 0 fully saturated rings. The molecule has 0 saturated heterocycles. The zero-order valence-corrected chi connectivity index (χ0v) is 16.4. The summed E-state index contributed by atoms with van der Waals surface area (Å²) in [5.41, 5.74) is 2.56. The Bertz CT molecular complexity index is 615. The number of nitrogens with zero attached hydrogens (tertiary/aromatic N) is 2. The molecular weight excluding hydrogens is 350 g/mol. The van der Waals surface area contributed by atoms with Crippen LogP contribution in [0.15, 0.2) is 0 Å². The van der Waals surface area contributed by atoms with Crippen molar-refractivity contribution in [2.24, 2.45) is 0 Å². The van der Waals surface area contributed by atoms with Crippen LogP contribution in [0.5, 0.6) is 0 Å². The second-order valence-corrected chi connectivity index (χ2v) is 6.48. The molecule has 0 aliphatic carbocycles. The molecule has 0 bridgehead atoms. The summed E-state index contributed by atoms with van der Waals surface area (Å²) in [6.45, 7) is 5.27. The summed E-state index contributed by atoms with van der Waals surface area (Å²) in [6.07, 6.45) is 4.02. The first-order chi connectivity index (χ1) is 13.2. The van der Waals surface area contributed by atoms with Crippen molar-refractivity contribution in [1.82, 2.24) is 15.1 Å². The molecule has 27 heavy (non-hydrogen) atoms. The average Bonchev–Trinajstić information content (AvgIpc) is 3.00. The van der Waals surface area contributed by atoms with Crippen molar-refractivity contribution in [3.05, 3.63) is 17.0 Å². The zero-order chi connectivity index (χ0) is 19.5. The Morgan fingerprint density at radius 2 is 2.11 bits per heavy atom. The molecule has 8 heteroatoms. The van der Waals surface area contributed by atoms with Gasteiger partial charge in [0.15, 0.2) is 0 Å². The Morgan fingerprint density at radius 3 is 2.89 bits per heavy atom. The van der Waals surface area contributed by atoms with E-state index < -0.39 is 0 Å². The van der Waals surface area contributed by atoms with E-state index in [-0.39, 0.29) is 18.3 Å². The van der Waals surface area contributed by atoms with Crippen LogP contribution in [0.1, 0.15) is 54.4 Å². The van der Waals surface area contributed by atoms with Gasteiger partial charge in [-0.1, -0.05) is 0 Å². The summed E-state index contributed by atoms with van der Waals surface area (Å²) in [4.78, 5) is 24.2. The van der Waals surface area contributed by atoms with Crippen LogP contribution < -0.4 is 5.32 Å². The van der Waals surface area contributed by atoms with Gasteiger partial charge in [0.25, 0.3) is 5.91 Å². The lowest BCUT2D eigenvalue weighted by atomic mass is 10.0. The highest BCUT2D eigenvalue weighted by Crippen LogP contribution is 2.19. The molecule has 1 aromatic heterocycles. The number of ether oxygens (including phenoxy) is 3. The molecule has 1 N–H and O–H groups in total. The van der Waals surface area contributed by atoms with E-state index in [0.29, 0.717) is 58.1 Å². The molecule has 0 spiro atoms. The van der Waals surface area contributed by atoms with E-state index >= 15 is 0 Å². The zero-order valence-electron chi connectivity index (χ0n) is 16.4. The van der Waals surface area contributed by atoms with Gasteiger partial charge in [-0.3, -0.25) is 14.3 Å². The van der Waals surface area contributed by atoms with E-state index in [1.807, 2.05) is 6.92 Å². The number of carbonyl (C=O) groups is 2. The standard InChI is InChI=1S/C19H31N3O5/c1-3-22-18-15(7-4-11-26-12-6-10-20-19(18)24)16(21-22)8-5-13-27-17(23)9-14-25-2/h3-14H2,1-2H3,(H,20,24). The first-order valence-corrected chi connectivity index (χ1v) is 9.76. The molecule has 1 aromatic rings. The minimum Gasteiger partial charge on any atom is -0.466 e. The first kappa shape index (κ1) is 21.4. The Balaban J connectivity index is 2.03. The van der Waals surface area contributed by atoms with Crippen molar-refractivity contribution >= 4 is 11.9 Å². The van der Waals surface area contributed by atoms with Crippen LogP contribution in [-0.4, -0.2) is 61.7 Å². The van der Waals surface area contributed by atoms with Gasteiger partial charge in [-0.25, -0.2) is 0 Å². The van der Waals surface area contributed by atoms with Crippen LogP contribution in [0.4, 0.5) is 0 Å². The van der Waals surface area contributed by atoms with Gasteiger partial charge in [0, 0.05) is 39.0 Å². The van der Waals surface area contributed by atoms with Crippen molar-refractivity contribution in [3.63, 3.8) is 0 Å². The van der Waals surface area contributed by atoms with Crippen LogP contribution in [0, 0.1) is 0 Å². The first-order valence-electron chi connectivity index (χ1n) is 9.76. The predicted molar refractivity (Wildman–Crippen MR) is 99.8 cm³/mol. The molecule has 2 heterocycles. The van der Waals surface area contributed by atoms with Crippen molar-refractivity contribution < 1.29 is 23.8 Å². The number of esters is 1. The summed E-state index contributed by atoms with van der Waals surface area (Å²) in [5.74, 6) is -0.328. The molecule has 1 aliphatic heterocycles. The maximum atomic E-state index is 12.7. The molecule has 152 valence electrons. The highest BCUT2D eigenvalue weighted by molar-refractivity contribution is 5.94. The lowest BCUT2D eigenvalue weighted by molar-refractivity contribution is -0.144. The third-order valence-corrected chi connectivity index (χ3v) is 4.45. The predicted octanol–water partition coefficient (Wildman–Crippen LogP) is 1.50. The van der Waals surface area contributed by atoms with E-state index in [4.69, 9.17) is 14.2 Å². The van der Waals surface area contributed by atoms with Crippen molar-refractivity contribution in [2.45, 2.75) is 52.0 Å². The van der Waals surface area contributed by atoms with E-state index in [2.05, 4.69) is 10.4 Å². The number of aromatic nitrogens is 2. The summed E-state index contributed by atoms with van der Waals surface area (Å²) in [7, 11) is 1.55. The summed E-state index contributed by atoms with van der Waals surface area (Å²) < 4.78 is 17.5. The second kappa shape index (κ2) is 11.7. The molecule has 0 unspecified atom stereocenters. The molecule has 2 rings (SSSR count). The lowest BCUT2D eigenvalue weighted by Gasteiger charge is -2.08. The minimum atomic E-state index is -0.258. The highest BCUT2D eigenvalue weighted by Gasteiger charge is 2.22. The fourth-order valence-corrected chi connectivity index (χ4v) is 3.09. The van der Waals surface area contributed by atoms with Gasteiger partial charge in [-0.15, -0.1) is 0 Å². The Morgan fingerprint density at radius 1 is 1.30 bits per heavy atom. The molecule has 8 nitrogen and oxygen atoms in total. The number of aryl methyl sites for hydroxylation is 2. The van der Waals surface area contributed by atoms with Crippen molar-refractivity contribution in [3.8, 4) is 0 Å². The normalized spacial score (nSPS) is 15.6. The van der Waals surface area contributed by atoms with Crippen molar-refractivity contribution in [1.29, 1.82) is 0 Å². The van der Waals surface area contributed by atoms with Gasteiger partial charge in [0.2, 0.25) is 0 Å². The highest BCUT2D eigenvalue weighted by atomic mass is 16.5. The second-order valence-electron chi connectivity index (χ2n) is 6.48. The fourth-order valence-electron chi connectivity index (χ4n) is 3.09. The monoisotopic (exact) mass is 381 g/mol. The average molecular weight is 381 g/mol. The summed E-state index contributed by atoms with van der Waals surface area (Å²) in [5, 5.41) is 7.61. The third-order valence-electron chi connectivity index (χ3n) is 4.45. The van der Waals surface area contributed by atoms with E-state index in [0.717, 1.165) is 30.5 Å². The molecule has 1 aliphatic rings. The van der Waals surface area contributed by atoms with Crippen LogP contribution in [0.3, 0.4) is 0 Å². The molecule has 0 radical (unpaired) electrons. The van der Waals surface area contributed by atoms with Gasteiger partial charge < -0.3 is 19.5 Å². The van der Waals surface area contributed by atoms with Crippen LogP contribution in [0.25, 0.3) is 0 Å². The van der Waals surface area contributed by atoms with Crippen LogP contribution in [0.2, 0.25) is 0 Å². The number of amides is 1. The van der Waals surface area contributed by atoms with Crippen molar-refractivity contribution in [2.75, 3.05) is 40.1 Å². The number of carbonyl (C=O) groups excluding carboxylic acids is 2. The summed E-state index contributed by atoms with van der Waals surface area (Å²) >= 11 is 0. The van der Waals surface area contributed by atoms with Gasteiger partial charge in [-0.05, 0) is 39.0 Å². The number of methoxy groups -OCH3 is 1. The van der Waals surface area contributed by atoms with Gasteiger partial charge in [-0.2, -0.15) is 5.10 Å². The maximum Gasteiger partial charge on any atom is 0.308 e. The largest absolute Gasteiger partial charge is 0.466 e. The molecule has 0 atom stereocenters. The van der Waals surface area contributed by atoms with E-state index in [9.17, 15) is 9.59 Å². The van der Waals surface area contributed by atoms with Gasteiger partial charge in [0.1, 0.15) is 5.69 Å². The third kappa shape index (κ3) is 6.62. The topological polar surface area (TPSA) is 91.7 Å². The molecule has 0 aromatic carbocycles. The number of nitrogens with one attached hydrogen (secondary N) is 1. The smallest absolute Gasteiger partial charge is 0.308 e. The Hall–Kier alpha value is -1.93.